The zero-order chi connectivity index (χ0) is 9.47. The van der Waals surface area contributed by atoms with Gasteiger partial charge in [-0.15, -0.1) is 0 Å². The lowest BCUT2D eigenvalue weighted by Gasteiger charge is -2.23. The third kappa shape index (κ3) is 1.39. The van der Waals surface area contributed by atoms with Crippen LogP contribution in [-0.4, -0.2) is 21.7 Å². The van der Waals surface area contributed by atoms with Crippen LogP contribution in [0.5, 0.6) is 0 Å². The van der Waals surface area contributed by atoms with Crippen LogP contribution in [0.2, 0.25) is 0 Å². The van der Waals surface area contributed by atoms with Crippen LogP contribution in [0.25, 0.3) is 0 Å². The maximum absolute atomic E-state index is 10.3. The zero-order valence-corrected chi connectivity index (χ0v) is 8.54. The molecule has 1 aliphatic heterocycles. The molecule has 1 aromatic heterocycles. The molecule has 0 aliphatic carbocycles. The summed E-state index contributed by atoms with van der Waals surface area (Å²) in [5, 5.41) is 10.3. The van der Waals surface area contributed by atoms with Gasteiger partial charge in [0.1, 0.15) is 5.60 Å². The van der Waals surface area contributed by atoms with E-state index in [-0.39, 0.29) is 12.2 Å². The predicted molar refractivity (Wildman–Crippen MR) is 50.6 cm³/mol. The maximum Gasteiger partial charge on any atom is 0.128 e. The third-order valence-corrected chi connectivity index (χ3v) is 3.49. The highest BCUT2D eigenvalue weighted by atomic mass is 32.1. The Hall–Kier alpha value is -0.450. The van der Waals surface area contributed by atoms with Crippen molar-refractivity contribution in [2.24, 2.45) is 0 Å². The number of rotatable bonds is 1. The van der Waals surface area contributed by atoms with E-state index in [0.29, 0.717) is 6.42 Å². The normalized spacial score (nSPS) is 39.6. The van der Waals surface area contributed by atoms with Crippen molar-refractivity contribution in [3.8, 4) is 0 Å². The first-order valence-electron chi connectivity index (χ1n) is 4.42. The molecule has 1 saturated heterocycles. The summed E-state index contributed by atoms with van der Waals surface area (Å²) < 4.78 is 9.53. The minimum atomic E-state index is -0.819. The second-order valence-electron chi connectivity index (χ2n) is 3.59. The van der Waals surface area contributed by atoms with Crippen LogP contribution in [0.15, 0.2) is 12.3 Å². The molecule has 1 fully saturated rings. The Morgan fingerprint density at radius 1 is 1.69 bits per heavy atom. The third-order valence-electron chi connectivity index (χ3n) is 2.57. The Bertz CT molecular complexity index is 288. The van der Waals surface area contributed by atoms with Gasteiger partial charge in [-0.3, -0.25) is 0 Å². The summed E-state index contributed by atoms with van der Waals surface area (Å²) in [5.41, 5.74) is -0.819. The standard InChI is InChI=1S/C9H13NO2S/c1-6-5-9(11,7(2)12-6)8-3-4-10-13-8/h3-4,6-7,11H,5H2,1-2H3. The molecular weight excluding hydrogens is 186 g/mol. The van der Waals surface area contributed by atoms with Gasteiger partial charge in [-0.2, -0.15) is 0 Å². The summed E-state index contributed by atoms with van der Waals surface area (Å²) in [7, 11) is 0. The van der Waals surface area contributed by atoms with E-state index in [1.54, 1.807) is 6.20 Å². The van der Waals surface area contributed by atoms with Crippen molar-refractivity contribution < 1.29 is 9.84 Å². The van der Waals surface area contributed by atoms with Gasteiger partial charge in [0, 0.05) is 12.6 Å². The van der Waals surface area contributed by atoms with Gasteiger partial charge in [0.05, 0.1) is 17.1 Å². The largest absolute Gasteiger partial charge is 0.381 e. The second-order valence-corrected chi connectivity index (χ2v) is 4.43. The first kappa shape index (κ1) is 9.12. The minimum absolute atomic E-state index is 0.127. The molecule has 0 aromatic carbocycles. The van der Waals surface area contributed by atoms with E-state index in [9.17, 15) is 5.11 Å². The Balaban J connectivity index is 2.31. The molecule has 2 heterocycles. The number of hydrogen-bond acceptors (Lipinski definition) is 4. The zero-order valence-electron chi connectivity index (χ0n) is 7.73. The molecule has 0 saturated carbocycles. The Morgan fingerprint density at radius 3 is 2.92 bits per heavy atom. The molecule has 1 N–H and O–H groups in total. The summed E-state index contributed by atoms with van der Waals surface area (Å²) in [6, 6.07) is 1.86. The summed E-state index contributed by atoms with van der Waals surface area (Å²) in [6.07, 6.45) is 2.37. The van der Waals surface area contributed by atoms with Gasteiger partial charge in [0.25, 0.3) is 0 Å². The van der Waals surface area contributed by atoms with Crippen LogP contribution >= 0.6 is 11.5 Å². The molecule has 1 aromatic rings. The number of hydrogen-bond donors (Lipinski definition) is 1. The van der Waals surface area contributed by atoms with Crippen molar-refractivity contribution in [1.82, 2.24) is 4.37 Å². The molecule has 13 heavy (non-hydrogen) atoms. The fourth-order valence-corrected chi connectivity index (χ4v) is 2.62. The van der Waals surface area contributed by atoms with Crippen molar-refractivity contribution in [1.29, 1.82) is 0 Å². The van der Waals surface area contributed by atoms with Crippen molar-refractivity contribution in [2.45, 2.75) is 38.1 Å². The number of aromatic nitrogens is 1. The summed E-state index contributed by atoms with van der Waals surface area (Å²) in [4.78, 5) is 0.907. The lowest BCUT2D eigenvalue weighted by molar-refractivity contribution is -0.0369. The average molecular weight is 199 g/mol. The van der Waals surface area contributed by atoms with Crippen molar-refractivity contribution in [3.63, 3.8) is 0 Å². The summed E-state index contributed by atoms with van der Waals surface area (Å²) >= 11 is 1.34. The van der Waals surface area contributed by atoms with E-state index >= 15 is 0 Å². The van der Waals surface area contributed by atoms with Gasteiger partial charge in [0.15, 0.2) is 0 Å². The fraction of sp³-hybridized carbons (Fsp3) is 0.667. The quantitative estimate of drug-likeness (QED) is 0.745. The SMILES string of the molecule is CC1CC(O)(c2ccns2)C(C)O1. The average Bonchev–Trinajstić information content (AvgIpc) is 2.61. The number of aliphatic hydroxyl groups is 1. The molecule has 0 amide bonds. The van der Waals surface area contributed by atoms with Crippen LogP contribution in [0, 0.1) is 0 Å². The van der Waals surface area contributed by atoms with E-state index in [0.717, 1.165) is 4.88 Å². The Morgan fingerprint density at radius 2 is 2.46 bits per heavy atom. The molecule has 0 spiro atoms. The van der Waals surface area contributed by atoms with Gasteiger partial charge >= 0.3 is 0 Å². The van der Waals surface area contributed by atoms with Crippen LogP contribution in [0.1, 0.15) is 25.1 Å². The summed E-state index contributed by atoms with van der Waals surface area (Å²) in [5.74, 6) is 0. The minimum Gasteiger partial charge on any atom is -0.381 e. The van der Waals surface area contributed by atoms with Gasteiger partial charge in [-0.25, -0.2) is 4.37 Å². The molecule has 1 aliphatic rings. The Labute approximate surface area is 81.5 Å². The highest BCUT2D eigenvalue weighted by Gasteiger charge is 2.45. The highest BCUT2D eigenvalue weighted by molar-refractivity contribution is 7.05. The number of nitrogens with zero attached hydrogens (tertiary/aromatic N) is 1. The van der Waals surface area contributed by atoms with Gasteiger partial charge in [-0.05, 0) is 31.4 Å². The second kappa shape index (κ2) is 3.04. The first-order chi connectivity index (χ1) is 6.13. The molecular formula is C9H13NO2S. The molecule has 3 unspecified atom stereocenters. The van der Waals surface area contributed by atoms with Gasteiger partial charge < -0.3 is 9.84 Å². The molecule has 3 atom stereocenters. The topological polar surface area (TPSA) is 42.4 Å². The lowest BCUT2D eigenvalue weighted by atomic mass is 9.93. The Kier molecular flexibility index (Phi) is 2.14. The maximum atomic E-state index is 10.3. The van der Waals surface area contributed by atoms with Crippen LogP contribution in [-0.2, 0) is 10.3 Å². The van der Waals surface area contributed by atoms with E-state index in [4.69, 9.17) is 4.74 Å². The lowest BCUT2D eigenvalue weighted by Crippen LogP contribution is -2.32. The monoisotopic (exact) mass is 199 g/mol. The van der Waals surface area contributed by atoms with E-state index in [1.807, 2.05) is 19.9 Å². The van der Waals surface area contributed by atoms with E-state index in [2.05, 4.69) is 4.37 Å². The highest BCUT2D eigenvalue weighted by Crippen LogP contribution is 2.40. The smallest absolute Gasteiger partial charge is 0.128 e. The first-order valence-corrected chi connectivity index (χ1v) is 5.19. The van der Waals surface area contributed by atoms with E-state index < -0.39 is 5.60 Å². The van der Waals surface area contributed by atoms with Gasteiger partial charge in [0.2, 0.25) is 0 Å². The molecule has 72 valence electrons. The van der Waals surface area contributed by atoms with Crippen molar-refractivity contribution >= 4 is 11.5 Å². The van der Waals surface area contributed by atoms with Gasteiger partial charge in [-0.1, -0.05) is 0 Å². The van der Waals surface area contributed by atoms with Crippen molar-refractivity contribution in [2.75, 3.05) is 0 Å². The predicted octanol–water partition coefficient (Wildman–Crippen LogP) is 1.53. The molecule has 0 radical (unpaired) electrons. The summed E-state index contributed by atoms with van der Waals surface area (Å²) in [6.45, 7) is 3.89. The van der Waals surface area contributed by atoms with Crippen LogP contribution < -0.4 is 0 Å². The molecule has 0 bridgehead atoms. The molecule has 4 heteroatoms. The van der Waals surface area contributed by atoms with E-state index in [1.165, 1.54) is 11.5 Å². The molecule has 3 nitrogen and oxygen atoms in total. The molecule has 2 rings (SSSR count). The van der Waals surface area contributed by atoms with Crippen molar-refractivity contribution in [3.05, 3.63) is 17.1 Å². The fourth-order valence-electron chi connectivity index (χ4n) is 1.85. The van der Waals surface area contributed by atoms with Crippen LogP contribution in [0.4, 0.5) is 0 Å². The number of ether oxygens (including phenoxy) is 1. The van der Waals surface area contributed by atoms with Crippen LogP contribution in [0.3, 0.4) is 0 Å².